The number of hydrogen-bond acceptors (Lipinski definition) is 3. The van der Waals surface area contributed by atoms with Crippen LogP contribution in [0.4, 0.5) is 4.39 Å². The van der Waals surface area contributed by atoms with E-state index in [0.29, 0.717) is 18.5 Å². The molecule has 3 nitrogen and oxygen atoms in total. The Kier molecular flexibility index (Phi) is 12.4. The summed E-state index contributed by atoms with van der Waals surface area (Å²) in [5.41, 5.74) is 16.3. The molecule has 5 N–H and O–H groups in total. The smallest absolute Gasteiger partial charge is 0.123 e. The first-order valence-corrected chi connectivity index (χ1v) is 10.9. The highest BCUT2D eigenvalue weighted by atomic mass is 19.1. The molecular weight excluding hydrogens is 385 g/mol. The van der Waals surface area contributed by atoms with Crippen LogP contribution in [0.2, 0.25) is 0 Å². The second-order valence-corrected chi connectivity index (χ2v) is 7.77. The van der Waals surface area contributed by atoms with E-state index in [-0.39, 0.29) is 5.82 Å². The molecule has 0 aliphatic carbocycles. The highest BCUT2D eigenvalue weighted by Gasteiger charge is 2.06. The number of nitrogens with two attached hydrogens (primary N) is 2. The number of nitrogens with one attached hydrogen (secondary N) is 1. The van der Waals surface area contributed by atoms with E-state index in [9.17, 15) is 4.39 Å². The molecule has 0 bridgehead atoms. The van der Waals surface area contributed by atoms with Crippen molar-refractivity contribution in [1.29, 1.82) is 0 Å². The number of rotatable bonds is 10. The van der Waals surface area contributed by atoms with Crippen LogP contribution < -0.4 is 16.8 Å². The van der Waals surface area contributed by atoms with E-state index in [1.807, 2.05) is 12.2 Å². The van der Waals surface area contributed by atoms with E-state index in [4.69, 9.17) is 11.5 Å². The summed E-state index contributed by atoms with van der Waals surface area (Å²) in [6, 6.07) is 13.2. The molecule has 168 valence electrons. The van der Waals surface area contributed by atoms with Crippen LogP contribution in [0.15, 0.2) is 73.9 Å². The highest BCUT2D eigenvalue weighted by molar-refractivity contribution is 5.79. The minimum Gasteiger partial charge on any atom is -0.329 e. The Morgan fingerprint density at radius 1 is 1.10 bits per heavy atom. The zero-order valence-electron chi connectivity index (χ0n) is 19.2. The van der Waals surface area contributed by atoms with Crippen molar-refractivity contribution < 1.29 is 4.39 Å². The Morgan fingerprint density at radius 2 is 1.77 bits per heavy atom. The van der Waals surface area contributed by atoms with Gasteiger partial charge < -0.3 is 16.8 Å². The third-order valence-corrected chi connectivity index (χ3v) is 5.00. The molecule has 31 heavy (non-hydrogen) atoms. The quantitative estimate of drug-likeness (QED) is 0.340. The van der Waals surface area contributed by atoms with Crippen molar-refractivity contribution in [3.8, 4) is 11.1 Å². The van der Waals surface area contributed by atoms with E-state index >= 15 is 0 Å². The predicted molar refractivity (Wildman–Crippen MR) is 134 cm³/mol. The van der Waals surface area contributed by atoms with Crippen molar-refractivity contribution in [1.82, 2.24) is 5.32 Å². The third kappa shape index (κ3) is 9.43. The van der Waals surface area contributed by atoms with Crippen LogP contribution in [-0.2, 0) is 6.54 Å². The fourth-order valence-electron chi connectivity index (χ4n) is 2.99. The average molecular weight is 424 g/mol. The normalized spacial score (nSPS) is 12.2. The molecular formula is C27H38FN3. The summed E-state index contributed by atoms with van der Waals surface area (Å²) in [5.74, 6) is 0.406. The first kappa shape index (κ1) is 26.5. The first-order chi connectivity index (χ1) is 14.9. The lowest BCUT2D eigenvalue weighted by atomic mass is 9.95. The van der Waals surface area contributed by atoms with Crippen molar-refractivity contribution in [2.75, 3.05) is 13.1 Å². The van der Waals surface area contributed by atoms with Crippen LogP contribution in [0.1, 0.15) is 38.3 Å². The van der Waals surface area contributed by atoms with Gasteiger partial charge in [0.05, 0.1) is 0 Å². The molecule has 2 rings (SSSR count). The van der Waals surface area contributed by atoms with Gasteiger partial charge in [-0.05, 0) is 70.5 Å². The standard InChI is InChI=1S/C21H23FN2.C6H15N/c1-3-5-17(4-2)19-12-16(15-24-11-10-23)13-20(14-19)18-6-8-21(22)9-7-18;1-4-6(7)5(2)3/h3-9,12-14,24H,1-2,10-11,15,23H2;5-6H,4,7H2,1-3H3/b17-5+;. The van der Waals surface area contributed by atoms with Gasteiger partial charge in [0.1, 0.15) is 5.82 Å². The predicted octanol–water partition coefficient (Wildman–Crippen LogP) is 5.68. The lowest BCUT2D eigenvalue weighted by Gasteiger charge is -2.12. The Bertz CT molecular complexity index is 838. The minimum atomic E-state index is -0.238. The topological polar surface area (TPSA) is 64.1 Å². The summed E-state index contributed by atoms with van der Waals surface area (Å²) in [4.78, 5) is 0. The summed E-state index contributed by atoms with van der Waals surface area (Å²) in [6.45, 7) is 16.1. The van der Waals surface area contributed by atoms with Gasteiger partial charge in [-0.1, -0.05) is 64.3 Å². The zero-order chi connectivity index (χ0) is 23.2. The summed E-state index contributed by atoms with van der Waals surface area (Å²) in [5, 5.41) is 3.30. The molecule has 0 saturated carbocycles. The molecule has 1 unspecified atom stereocenters. The minimum absolute atomic E-state index is 0.238. The highest BCUT2D eigenvalue weighted by Crippen LogP contribution is 2.27. The molecule has 0 fully saturated rings. The molecule has 0 aliphatic heterocycles. The van der Waals surface area contributed by atoms with Gasteiger partial charge >= 0.3 is 0 Å². The summed E-state index contributed by atoms with van der Waals surface area (Å²) >= 11 is 0. The number of allylic oxidation sites excluding steroid dienone is 4. The zero-order valence-corrected chi connectivity index (χ0v) is 19.2. The Balaban J connectivity index is 0.000000592. The first-order valence-electron chi connectivity index (χ1n) is 10.9. The SMILES string of the molecule is C=C/C=C(\C=C)c1cc(CNCCN)cc(-c2ccc(F)cc2)c1.CCC(N)C(C)C. The van der Waals surface area contributed by atoms with Crippen LogP contribution in [0.3, 0.4) is 0 Å². The van der Waals surface area contributed by atoms with Crippen molar-refractivity contribution in [2.45, 2.75) is 39.8 Å². The number of hydrogen-bond donors (Lipinski definition) is 3. The van der Waals surface area contributed by atoms with E-state index in [0.717, 1.165) is 47.3 Å². The van der Waals surface area contributed by atoms with Gasteiger partial charge in [-0.2, -0.15) is 0 Å². The Labute approximate surface area is 187 Å². The van der Waals surface area contributed by atoms with Gasteiger partial charge in [0.2, 0.25) is 0 Å². The average Bonchev–Trinajstić information content (AvgIpc) is 2.77. The van der Waals surface area contributed by atoms with Crippen LogP contribution >= 0.6 is 0 Å². The molecule has 0 heterocycles. The molecule has 2 aromatic carbocycles. The van der Waals surface area contributed by atoms with E-state index in [1.165, 1.54) is 12.1 Å². The van der Waals surface area contributed by atoms with Crippen molar-refractivity contribution >= 4 is 5.57 Å². The molecule has 0 amide bonds. The molecule has 0 spiro atoms. The van der Waals surface area contributed by atoms with Gasteiger partial charge in [-0.15, -0.1) is 0 Å². The van der Waals surface area contributed by atoms with Gasteiger partial charge in [0.15, 0.2) is 0 Å². The maximum atomic E-state index is 13.2. The van der Waals surface area contributed by atoms with E-state index in [1.54, 1.807) is 18.2 Å². The Hall–Kier alpha value is -2.53. The second-order valence-electron chi connectivity index (χ2n) is 7.77. The lowest BCUT2D eigenvalue weighted by molar-refractivity contribution is 0.481. The monoisotopic (exact) mass is 423 g/mol. The second kappa shape index (κ2) is 14.5. The van der Waals surface area contributed by atoms with Crippen LogP contribution in [-0.4, -0.2) is 19.1 Å². The van der Waals surface area contributed by atoms with Gasteiger partial charge in [0.25, 0.3) is 0 Å². The van der Waals surface area contributed by atoms with Gasteiger partial charge in [-0.25, -0.2) is 4.39 Å². The van der Waals surface area contributed by atoms with E-state index in [2.05, 4.69) is 57.4 Å². The van der Waals surface area contributed by atoms with E-state index < -0.39 is 0 Å². The van der Waals surface area contributed by atoms with Crippen molar-refractivity contribution in [3.63, 3.8) is 0 Å². The van der Waals surface area contributed by atoms with Gasteiger partial charge in [-0.3, -0.25) is 0 Å². The molecule has 4 heteroatoms. The summed E-state index contributed by atoms with van der Waals surface area (Å²) < 4.78 is 13.2. The number of benzene rings is 2. The molecule has 0 radical (unpaired) electrons. The maximum Gasteiger partial charge on any atom is 0.123 e. The molecule has 0 aromatic heterocycles. The maximum absolute atomic E-state index is 13.2. The van der Waals surface area contributed by atoms with Crippen molar-refractivity contribution in [2.24, 2.45) is 17.4 Å². The lowest BCUT2D eigenvalue weighted by Crippen LogP contribution is -2.24. The Morgan fingerprint density at radius 3 is 2.26 bits per heavy atom. The summed E-state index contributed by atoms with van der Waals surface area (Å²) in [7, 11) is 0. The van der Waals surface area contributed by atoms with Crippen LogP contribution in [0.25, 0.3) is 16.7 Å². The fraction of sp³-hybridized carbons (Fsp3) is 0.333. The summed E-state index contributed by atoms with van der Waals surface area (Å²) in [6.07, 6.45) is 6.57. The van der Waals surface area contributed by atoms with Crippen LogP contribution in [0, 0.1) is 11.7 Å². The fourth-order valence-corrected chi connectivity index (χ4v) is 2.99. The number of halogens is 1. The largest absolute Gasteiger partial charge is 0.329 e. The third-order valence-electron chi connectivity index (χ3n) is 5.00. The van der Waals surface area contributed by atoms with Gasteiger partial charge in [0, 0.05) is 25.7 Å². The molecule has 0 saturated heterocycles. The molecule has 0 aliphatic rings. The molecule has 1 atom stereocenters. The van der Waals surface area contributed by atoms with Crippen molar-refractivity contribution in [3.05, 3.63) is 90.8 Å². The molecule has 2 aromatic rings. The van der Waals surface area contributed by atoms with Crippen LogP contribution in [0.5, 0.6) is 0 Å².